The number of ether oxygens (including phenoxy) is 2. The molecule has 0 bridgehead atoms. The van der Waals surface area contributed by atoms with Crippen molar-refractivity contribution in [1.82, 2.24) is 4.90 Å². The van der Waals surface area contributed by atoms with E-state index in [-0.39, 0.29) is 30.4 Å². The summed E-state index contributed by atoms with van der Waals surface area (Å²) in [7, 11) is 2.85. The van der Waals surface area contributed by atoms with E-state index in [1.165, 1.54) is 37.3 Å². The fourth-order valence-corrected chi connectivity index (χ4v) is 2.59. The Bertz CT molecular complexity index is 854. The highest BCUT2D eigenvalue weighted by Crippen LogP contribution is 2.30. The predicted octanol–water partition coefficient (Wildman–Crippen LogP) is 4.51. The van der Waals surface area contributed by atoms with Gasteiger partial charge in [0.2, 0.25) is 5.91 Å². The fourth-order valence-electron chi connectivity index (χ4n) is 2.59. The second-order valence-corrected chi connectivity index (χ2v) is 6.39. The van der Waals surface area contributed by atoms with E-state index in [4.69, 9.17) is 9.47 Å². The van der Waals surface area contributed by atoms with Crippen LogP contribution in [0.2, 0.25) is 0 Å². The quantitative estimate of drug-likeness (QED) is 0.594. The number of rotatable bonds is 8. The van der Waals surface area contributed by atoms with E-state index >= 15 is 0 Å². The SMILES string of the molecule is COc1cc(CCC(=O)N(C)Cc2ccc(F)c(F)c2)ccc1OCC(F)(F)F. The van der Waals surface area contributed by atoms with E-state index < -0.39 is 24.4 Å². The molecule has 0 aliphatic heterocycles. The summed E-state index contributed by atoms with van der Waals surface area (Å²) in [5.74, 6) is -2.08. The molecule has 0 fully saturated rings. The molecule has 0 atom stereocenters. The Balaban J connectivity index is 1.93. The lowest BCUT2D eigenvalue weighted by Crippen LogP contribution is -2.26. The first-order chi connectivity index (χ1) is 13.6. The molecule has 0 radical (unpaired) electrons. The molecule has 0 spiro atoms. The normalized spacial score (nSPS) is 11.3. The van der Waals surface area contributed by atoms with Crippen LogP contribution in [-0.2, 0) is 17.8 Å². The van der Waals surface area contributed by atoms with Gasteiger partial charge < -0.3 is 14.4 Å². The van der Waals surface area contributed by atoms with Gasteiger partial charge in [0.05, 0.1) is 7.11 Å². The van der Waals surface area contributed by atoms with E-state index in [2.05, 4.69) is 0 Å². The molecule has 0 aliphatic carbocycles. The van der Waals surface area contributed by atoms with E-state index in [0.717, 1.165) is 12.1 Å². The lowest BCUT2D eigenvalue weighted by molar-refractivity contribution is -0.153. The summed E-state index contributed by atoms with van der Waals surface area (Å²) in [4.78, 5) is 13.7. The zero-order chi connectivity index (χ0) is 21.6. The molecule has 9 heteroatoms. The van der Waals surface area contributed by atoms with E-state index in [9.17, 15) is 26.7 Å². The summed E-state index contributed by atoms with van der Waals surface area (Å²) >= 11 is 0. The van der Waals surface area contributed by atoms with Gasteiger partial charge in [0.25, 0.3) is 0 Å². The third-order valence-corrected chi connectivity index (χ3v) is 4.08. The van der Waals surface area contributed by atoms with Crippen LogP contribution in [0.25, 0.3) is 0 Å². The summed E-state index contributed by atoms with van der Waals surface area (Å²) in [5, 5.41) is 0. The van der Waals surface area contributed by atoms with Gasteiger partial charge in [0.15, 0.2) is 29.7 Å². The van der Waals surface area contributed by atoms with Gasteiger partial charge in [0, 0.05) is 20.0 Å². The minimum atomic E-state index is -4.46. The Kier molecular flexibility index (Phi) is 7.41. The van der Waals surface area contributed by atoms with Gasteiger partial charge >= 0.3 is 6.18 Å². The highest BCUT2D eigenvalue weighted by atomic mass is 19.4. The third kappa shape index (κ3) is 6.92. The highest BCUT2D eigenvalue weighted by molar-refractivity contribution is 5.76. The number of carbonyl (C=O) groups is 1. The van der Waals surface area contributed by atoms with Crippen LogP contribution in [0.3, 0.4) is 0 Å². The summed E-state index contributed by atoms with van der Waals surface area (Å²) in [6.07, 6.45) is -4.03. The number of nitrogens with zero attached hydrogens (tertiary/aromatic N) is 1. The molecule has 2 rings (SSSR count). The van der Waals surface area contributed by atoms with E-state index in [0.29, 0.717) is 17.5 Å². The van der Waals surface area contributed by atoms with Crippen molar-refractivity contribution in [3.05, 3.63) is 59.2 Å². The van der Waals surface area contributed by atoms with Crippen molar-refractivity contribution >= 4 is 5.91 Å². The summed E-state index contributed by atoms with van der Waals surface area (Å²) in [5.41, 5.74) is 1.13. The number of hydrogen-bond donors (Lipinski definition) is 0. The molecular weight excluding hydrogens is 397 g/mol. The van der Waals surface area contributed by atoms with Crippen LogP contribution in [0.15, 0.2) is 36.4 Å². The number of aryl methyl sites for hydroxylation is 1. The van der Waals surface area contributed by atoms with Crippen molar-refractivity contribution in [3.63, 3.8) is 0 Å². The molecule has 2 aromatic rings. The number of benzene rings is 2. The molecule has 158 valence electrons. The van der Waals surface area contributed by atoms with Gasteiger partial charge in [-0.05, 0) is 41.8 Å². The highest BCUT2D eigenvalue weighted by Gasteiger charge is 2.29. The minimum Gasteiger partial charge on any atom is -0.493 e. The fraction of sp³-hybridized carbons (Fsp3) is 0.350. The molecule has 0 saturated carbocycles. The lowest BCUT2D eigenvalue weighted by atomic mass is 10.1. The topological polar surface area (TPSA) is 38.8 Å². The summed E-state index contributed by atoms with van der Waals surface area (Å²) in [6, 6.07) is 7.84. The van der Waals surface area contributed by atoms with Crippen molar-refractivity contribution in [2.45, 2.75) is 25.6 Å². The van der Waals surface area contributed by atoms with Crippen LogP contribution in [0, 0.1) is 11.6 Å². The van der Waals surface area contributed by atoms with Crippen LogP contribution in [0.4, 0.5) is 22.0 Å². The van der Waals surface area contributed by atoms with Crippen LogP contribution >= 0.6 is 0 Å². The Morgan fingerprint density at radius 2 is 1.69 bits per heavy atom. The summed E-state index contributed by atoms with van der Waals surface area (Å²) < 4.78 is 72.9. The Hall–Kier alpha value is -2.84. The van der Waals surface area contributed by atoms with Crippen molar-refractivity contribution in [2.75, 3.05) is 20.8 Å². The molecule has 0 unspecified atom stereocenters. The molecule has 29 heavy (non-hydrogen) atoms. The lowest BCUT2D eigenvalue weighted by Gasteiger charge is -2.18. The number of alkyl halides is 3. The maximum absolute atomic E-state index is 13.3. The van der Waals surface area contributed by atoms with E-state index in [1.807, 2.05) is 0 Å². The molecule has 4 nitrogen and oxygen atoms in total. The maximum atomic E-state index is 13.3. The molecule has 0 saturated heterocycles. The van der Waals surface area contributed by atoms with Crippen molar-refractivity contribution < 1.29 is 36.2 Å². The van der Waals surface area contributed by atoms with Gasteiger partial charge in [-0.1, -0.05) is 12.1 Å². The molecule has 2 aromatic carbocycles. The Morgan fingerprint density at radius 1 is 1.00 bits per heavy atom. The van der Waals surface area contributed by atoms with Crippen LogP contribution < -0.4 is 9.47 Å². The smallest absolute Gasteiger partial charge is 0.422 e. The van der Waals surface area contributed by atoms with Gasteiger partial charge in [-0.2, -0.15) is 13.2 Å². The third-order valence-electron chi connectivity index (χ3n) is 4.08. The number of methoxy groups -OCH3 is 1. The zero-order valence-electron chi connectivity index (χ0n) is 15.9. The van der Waals surface area contributed by atoms with Gasteiger partial charge in [-0.3, -0.25) is 4.79 Å². The number of carbonyl (C=O) groups excluding carboxylic acids is 1. The van der Waals surface area contributed by atoms with Crippen molar-refractivity contribution in [3.8, 4) is 11.5 Å². The monoisotopic (exact) mass is 417 g/mol. The van der Waals surface area contributed by atoms with Crippen LogP contribution in [0.5, 0.6) is 11.5 Å². The second kappa shape index (κ2) is 9.58. The number of amides is 1. The number of halogens is 5. The molecule has 0 N–H and O–H groups in total. The van der Waals surface area contributed by atoms with Crippen molar-refractivity contribution in [2.24, 2.45) is 0 Å². The van der Waals surface area contributed by atoms with Crippen LogP contribution in [0.1, 0.15) is 17.5 Å². The Morgan fingerprint density at radius 3 is 2.31 bits per heavy atom. The van der Waals surface area contributed by atoms with Gasteiger partial charge in [-0.15, -0.1) is 0 Å². The maximum Gasteiger partial charge on any atom is 0.422 e. The first-order valence-corrected chi connectivity index (χ1v) is 8.63. The largest absolute Gasteiger partial charge is 0.493 e. The predicted molar refractivity (Wildman–Crippen MR) is 95.7 cm³/mol. The van der Waals surface area contributed by atoms with Gasteiger partial charge in [-0.25, -0.2) is 8.78 Å². The molecule has 0 aromatic heterocycles. The van der Waals surface area contributed by atoms with Crippen LogP contribution in [-0.4, -0.2) is 37.7 Å². The molecule has 0 aliphatic rings. The summed E-state index contributed by atoms with van der Waals surface area (Å²) in [6.45, 7) is -1.32. The second-order valence-electron chi connectivity index (χ2n) is 6.39. The standard InChI is InChI=1S/C20H20F5NO3/c1-26(11-14-3-6-15(21)16(22)9-14)19(27)8-5-13-4-7-17(18(10-13)28-2)29-12-20(23,24)25/h3-4,6-7,9-10H,5,8,11-12H2,1-2H3. The van der Waals surface area contributed by atoms with Gasteiger partial charge in [0.1, 0.15) is 0 Å². The molecular formula is C20H20F5NO3. The first-order valence-electron chi connectivity index (χ1n) is 8.63. The molecule has 1 amide bonds. The Labute approximate surface area is 164 Å². The minimum absolute atomic E-state index is 0.0460. The van der Waals surface area contributed by atoms with E-state index in [1.54, 1.807) is 6.07 Å². The average molecular weight is 417 g/mol. The molecule has 0 heterocycles. The number of hydrogen-bond acceptors (Lipinski definition) is 3. The average Bonchev–Trinajstić information content (AvgIpc) is 2.66. The zero-order valence-corrected chi connectivity index (χ0v) is 15.9. The van der Waals surface area contributed by atoms with Crippen molar-refractivity contribution in [1.29, 1.82) is 0 Å². The first kappa shape index (κ1) is 22.4.